The Labute approximate surface area is 145 Å². The average molecular weight is 395 g/mol. The van der Waals surface area contributed by atoms with Crippen LogP contribution in [0, 0.1) is 0 Å². The lowest BCUT2D eigenvalue weighted by Crippen LogP contribution is -2.40. The molecule has 0 fully saturated rings. The monoisotopic (exact) mass is 392 g/mol. The highest BCUT2D eigenvalue weighted by Gasteiger charge is 2.44. The minimum absolute atomic E-state index is 0.00777. The van der Waals surface area contributed by atoms with E-state index in [0.717, 1.165) is 6.08 Å². The molecule has 1 aliphatic carbocycles. The van der Waals surface area contributed by atoms with Crippen LogP contribution < -0.4 is 0 Å². The van der Waals surface area contributed by atoms with Gasteiger partial charge in [0.2, 0.25) is 0 Å². The summed E-state index contributed by atoms with van der Waals surface area (Å²) in [5, 5.41) is 20.9. The number of halogens is 6. The van der Waals surface area contributed by atoms with Crippen molar-refractivity contribution in [1.82, 2.24) is 0 Å². The van der Waals surface area contributed by atoms with Crippen LogP contribution in [0.15, 0.2) is 33.3 Å². The van der Waals surface area contributed by atoms with E-state index in [0.29, 0.717) is 0 Å². The summed E-state index contributed by atoms with van der Waals surface area (Å²) >= 11 is 35.4. The van der Waals surface area contributed by atoms with E-state index in [9.17, 15) is 10.2 Å². The Morgan fingerprint density at radius 1 is 0.950 bits per heavy atom. The third-order valence-electron chi connectivity index (χ3n) is 2.89. The van der Waals surface area contributed by atoms with Gasteiger partial charge in [-0.05, 0) is 12.1 Å². The molecule has 0 aliphatic heterocycles. The number of hydrogen-bond donors (Lipinski definition) is 2. The van der Waals surface area contributed by atoms with Crippen molar-refractivity contribution in [2.75, 3.05) is 0 Å². The molecule has 2 atom stereocenters. The summed E-state index contributed by atoms with van der Waals surface area (Å²) in [7, 11) is 0. The first-order valence-electron chi connectivity index (χ1n) is 5.18. The molecule has 0 spiro atoms. The normalized spacial score (nSPS) is 26.8. The van der Waals surface area contributed by atoms with Gasteiger partial charge in [-0.15, -0.1) is 0 Å². The second-order valence-electron chi connectivity index (χ2n) is 4.10. The Hall–Kier alpha value is 0.360. The van der Waals surface area contributed by atoms with Crippen LogP contribution in [-0.2, 0) is 5.60 Å². The smallest absolute Gasteiger partial charge is 0.142 e. The van der Waals surface area contributed by atoms with Crippen LogP contribution in [0.3, 0.4) is 0 Å². The maximum absolute atomic E-state index is 10.7. The summed E-state index contributed by atoms with van der Waals surface area (Å²) in [6, 6.07) is 2.86. The van der Waals surface area contributed by atoms with Crippen LogP contribution in [0.25, 0.3) is 0 Å². The number of allylic oxidation sites excluding steroid dienone is 2. The van der Waals surface area contributed by atoms with Crippen LogP contribution in [0.5, 0.6) is 0 Å². The van der Waals surface area contributed by atoms with Crippen LogP contribution in [0.4, 0.5) is 0 Å². The summed E-state index contributed by atoms with van der Waals surface area (Å²) in [6.07, 6.45) is -0.382. The molecule has 108 valence electrons. The van der Waals surface area contributed by atoms with Crippen LogP contribution >= 0.6 is 69.6 Å². The van der Waals surface area contributed by atoms with Crippen LogP contribution in [0.2, 0.25) is 15.1 Å². The molecule has 0 saturated carbocycles. The Kier molecular flexibility index (Phi) is 4.90. The van der Waals surface area contributed by atoms with Crippen molar-refractivity contribution in [1.29, 1.82) is 0 Å². The molecule has 2 nitrogen and oxygen atoms in total. The third-order valence-corrected chi connectivity index (χ3v) is 5.48. The molecular formula is C12H6Cl6O2. The highest BCUT2D eigenvalue weighted by atomic mass is 35.5. The summed E-state index contributed by atoms with van der Waals surface area (Å²) < 4.78 is 0. The fourth-order valence-electron chi connectivity index (χ4n) is 1.82. The van der Waals surface area contributed by atoms with Crippen molar-refractivity contribution >= 4 is 69.6 Å². The van der Waals surface area contributed by atoms with Gasteiger partial charge >= 0.3 is 0 Å². The second-order valence-corrected chi connectivity index (χ2v) is 6.46. The standard InChI is InChI=1S/C12H6Cl6O2/c13-5-2-1-4(7(15)8(5)16)12(20)3-6(14)9(17)10(18)11(12)19/h1-3,11,19-20H. The molecule has 2 unspecified atom stereocenters. The number of hydrogen-bond acceptors (Lipinski definition) is 2. The molecule has 0 amide bonds. The molecule has 0 heterocycles. The second kappa shape index (κ2) is 5.86. The van der Waals surface area contributed by atoms with E-state index in [-0.39, 0.29) is 35.7 Å². The Balaban J connectivity index is 2.67. The van der Waals surface area contributed by atoms with Crippen molar-refractivity contribution in [3.63, 3.8) is 0 Å². The van der Waals surface area contributed by atoms with Gasteiger partial charge in [0.05, 0.1) is 30.2 Å². The van der Waals surface area contributed by atoms with E-state index in [1.54, 1.807) is 0 Å². The quantitative estimate of drug-likeness (QED) is 0.656. The molecule has 2 N–H and O–H groups in total. The minimum Gasteiger partial charge on any atom is -0.384 e. The van der Waals surface area contributed by atoms with Crippen molar-refractivity contribution < 1.29 is 10.2 Å². The van der Waals surface area contributed by atoms with Gasteiger partial charge in [0.15, 0.2) is 0 Å². The summed E-state index contributed by atoms with van der Waals surface area (Å²) in [5.41, 5.74) is -1.85. The lowest BCUT2D eigenvalue weighted by atomic mass is 9.84. The van der Waals surface area contributed by atoms with Gasteiger partial charge in [0.1, 0.15) is 11.7 Å². The largest absolute Gasteiger partial charge is 0.384 e. The topological polar surface area (TPSA) is 40.5 Å². The molecule has 1 aliphatic rings. The van der Waals surface area contributed by atoms with Crippen LogP contribution in [0.1, 0.15) is 5.56 Å². The Bertz CT molecular complexity index is 639. The van der Waals surface area contributed by atoms with Crippen molar-refractivity contribution in [3.05, 3.63) is 53.9 Å². The van der Waals surface area contributed by atoms with E-state index in [4.69, 9.17) is 69.6 Å². The van der Waals surface area contributed by atoms with Crippen molar-refractivity contribution in [2.24, 2.45) is 0 Å². The van der Waals surface area contributed by atoms with Gasteiger partial charge < -0.3 is 10.2 Å². The van der Waals surface area contributed by atoms with Crippen molar-refractivity contribution in [2.45, 2.75) is 11.7 Å². The van der Waals surface area contributed by atoms with Gasteiger partial charge in [-0.3, -0.25) is 0 Å². The average Bonchev–Trinajstić information content (AvgIpc) is 2.40. The zero-order valence-electron chi connectivity index (χ0n) is 9.47. The highest BCUT2D eigenvalue weighted by Crippen LogP contribution is 2.46. The Morgan fingerprint density at radius 2 is 1.55 bits per heavy atom. The van der Waals surface area contributed by atoms with Gasteiger partial charge in [-0.25, -0.2) is 0 Å². The summed E-state index contributed by atoms with van der Waals surface area (Å²) in [5.74, 6) is 0. The molecule has 1 aromatic rings. The fourth-order valence-corrected chi connectivity index (χ4v) is 3.25. The van der Waals surface area contributed by atoms with Gasteiger partial charge in [-0.2, -0.15) is 0 Å². The number of benzene rings is 1. The van der Waals surface area contributed by atoms with Gasteiger partial charge in [0, 0.05) is 5.56 Å². The molecule has 20 heavy (non-hydrogen) atoms. The highest BCUT2D eigenvalue weighted by molar-refractivity contribution is 6.49. The predicted molar refractivity (Wildman–Crippen MR) is 84.0 cm³/mol. The molecule has 0 bridgehead atoms. The lowest BCUT2D eigenvalue weighted by Gasteiger charge is -2.34. The lowest BCUT2D eigenvalue weighted by molar-refractivity contribution is -0.0222. The van der Waals surface area contributed by atoms with Crippen molar-refractivity contribution in [3.8, 4) is 0 Å². The maximum atomic E-state index is 10.7. The SMILES string of the molecule is OC1C(Cl)=C(Cl)C(Cl)=CC1(O)c1ccc(Cl)c(Cl)c1Cl. The summed E-state index contributed by atoms with van der Waals surface area (Å²) in [4.78, 5) is 0. The zero-order chi connectivity index (χ0) is 15.2. The molecule has 1 aromatic carbocycles. The molecule has 8 heteroatoms. The molecule has 2 rings (SSSR count). The molecular weight excluding hydrogens is 389 g/mol. The van der Waals surface area contributed by atoms with E-state index < -0.39 is 11.7 Å². The van der Waals surface area contributed by atoms with Gasteiger partial charge in [0.25, 0.3) is 0 Å². The third kappa shape index (κ3) is 2.57. The fraction of sp³-hybridized carbons (Fsp3) is 0.167. The van der Waals surface area contributed by atoms with Crippen LogP contribution in [-0.4, -0.2) is 16.3 Å². The van der Waals surface area contributed by atoms with E-state index >= 15 is 0 Å². The van der Waals surface area contributed by atoms with Gasteiger partial charge in [-0.1, -0.05) is 75.7 Å². The zero-order valence-corrected chi connectivity index (χ0v) is 14.0. The molecule has 0 radical (unpaired) electrons. The first kappa shape index (κ1) is 16.7. The first-order chi connectivity index (χ1) is 9.20. The molecule has 0 saturated heterocycles. The number of aliphatic hydroxyl groups is 2. The minimum atomic E-state index is -1.96. The van der Waals surface area contributed by atoms with E-state index in [2.05, 4.69) is 0 Å². The number of rotatable bonds is 1. The first-order valence-corrected chi connectivity index (χ1v) is 7.45. The van der Waals surface area contributed by atoms with E-state index in [1.807, 2.05) is 0 Å². The van der Waals surface area contributed by atoms with E-state index in [1.165, 1.54) is 12.1 Å². The Morgan fingerprint density at radius 3 is 2.15 bits per heavy atom. The maximum Gasteiger partial charge on any atom is 0.142 e. The predicted octanol–water partition coefficient (Wildman–Crippen LogP) is 5.02. The summed E-state index contributed by atoms with van der Waals surface area (Å²) in [6.45, 7) is 0. The molecule has 0 aromatic heterocycles. The number of aliphatic hydroxyl groups excluding tert-OH is 1.